The minimum absolute atomic E-state index is 0.140. The molecule has 5 heteroatoms. The van der Waals surface area contributed by atoms with Gasteiger partial charge in [-0.15, -0.1) is 0 Å². The molecular weight excluding hydrogens is 314 g/mol. The van der Waals surface area contributed by atoms with E-state index in [-0.39, 0.29) is 12.6 Å². The van der Waals surface area contributed by atoms with E-state index in [9.17, 15) is 9.90 Å². The maximum atomic E-state index is 12.1. The molecule has 4 N–H and O–H groups in total. The first kappa shape index (κ1) is 17.0. The lowest BCUT2D eigenvalue weighted by Gasteiger charge is -2.17. The number of aliphatic hydroxyl groups excluding tert-OH is 1. The maximum absolute atomic E-state index is 12.1. The van der Waals surface area contributed by atoms with Crippen LogP contribution in [0.3, 0.4) is 0 Å². The first-order valence-corrected chi connectivity index (χ1v) is 8.45. The molecule has 2 aromatic carbocycles. The van der Waals surface area contributed by atoms with E-state index in [0.29, 0.717) is 6.54 Å². The molecule has 0 bridgehead atoms. The van der Waals surface area contributed by atoms with Gasteiger partial charge in [-0.05, 0) is 30.5 Å². The molecule has 1 heterocycles. The summed E-state index contributed by atoms with van der Waals surface area (Å²) in [6.07, 6.45) is 0.748. The van der Waals surface area contributed by atoms with Crippen molar-refractivity contribution in [1.29, 1.82) is 0 Å². The Hall–Kier alpha value is -2.79. The second-order valence-electron chi connectivity index (χ2n) is 6.07. The molecule has 3 rings (SSSR count). The Morgan fingerprint density at radius 1 is 1.12 bits per heavy atom. The largest absolute Gasteiger partial charge is 0.394 e. The van der Waals surface area contributed by atoms with E-state index in [1.54, 1.807) is 0 Å². The number of aliphatic hydroxyl groups is 1. The number of nitrogens with one attached hydrogen (secondary N) is 3. The molecule has 1 aromatic heterocycles. The fourth-order valence-corrected chi connectivity index (χ4v) is 3.09. The number of hydrogen-bond acceptors (Lipinski definition) is 2. The number of para-hydroxylation sites is 1. The van der Waals surface area contributed by atoms with E-state index in [4.69, 9.17) is 0 Å². The van der Waals surface area contributed by atoms with Crippen LogP contribution in [0.4, 0.5) is 4.79 Å². The average molecular weight is 337 g/mol. The van der Waals surface area contributed by atoms with Gasteiger partial charge in [0.05, 0.1) is 12.6 Å². The third-order valence-electron chi connectivity index (χ3n) is 4.38. The van der Waals surface area contributed by atoms with Crippen molar-refractivity contribution in [2.45, 2.75) is 19.4 Å². The monoisotopic (exact) mass is 337 g/mol. The number of aryl methyl sites for hydroxylation is 1. The van der Waals surface area contributed by atoms with Gasteiger partial charge in [0.15, 0.2) is 0 Å². The van der Waals surface area contributed by atoms with E-state index in [1.807, 2.05) is 49.4 Å². The standard InChI is InChI=1S/C20H23N3O2/c1-14-16(17-9-5-6-10-18(17)22-14)11-12-21-20(25)23-19(13-24)15-7-3-2-4-8-15/h2-10,19,22,24H,11-13H2,1H3,(H2,21,23,25). The van der Waals surface area contributed by atoms with Gasteiger partial charge in [-0.25, -0.2) is 4.79 Å². The second-order valence-corrected chi connectivity index (χ2v) is 6.07. The summed E-state index contributed by atoms with van der Waals surface area (Å²) in [6.45, 7) is 2.44. The van der Waals surface area contributed by atoms with Crippen molar-refractivity contribution >= 4 is 16.9 Å². The molecule has 25 heavy (non-hydrogen) atoms. The Balaban J connectivity index is 1.56. The molecule has 0 fully saturated rings. The van der Waals surface area contributed by atoms with Gasteiger partial charge in [0.25, 0.3) is 0 Å². The Kier molecular flexibility index (Phi) is 5.36. The summed E-state index contributed by atoms with van der Waals surface area (Å²) in [5.41, 5.74) is 4.34. The minimum Gasteiger partial charge on any atom is -0.394 e. The molecule has 0 aliphatic carbocycles. The van der Waals surface area contributed by atoms with E-state index < -0.39 is 6.04 Å². The molecule has 3 aromatic rings. The number of hydrogen-bond donors (Lipinski definition) is 4. The number of benzene rings is 2. The molecule has 0 radical (unpaired) electrons. The van der Waals surface area contributed by atoms with Gasteiger partial charge in [0.2, 0.25) is 0 Å². The highest BCUT2D eigenvalue weighted by Gasteiger charge is 2.13. The SMILES string of the molecule is Cc1[nH]c2ccccc2c1CCNC(=O)NC(CO)c1ccccc1. The van der Waals surface area contributed by atoms with Crippen molar-refractivity contribution < 1.29 is 9.90 Å². The van der Waals surface area contributed by atoms with Crippen molar-refractivity contribution in [1.82, 2.24) is 15.6 Å². The maximum Gasteiger partial charge on any atom is 0.315 e. The van der Waals surface area contributed by atoms with E-state index in [0.717, 1.165) is 23.2 Å². The van der Waals surface area contributed by atoms with Gasteiger partial charge in [0, 0.05) is 23.1 Å². The second kappa shape index (κ2) is 7.85. The van der Waals surface area contributed by atoms with Crippen LogP contribution in [0.15, 0.2) is 54.6 Å². The number of carbonyl (C=O) groups is 1. The summed E-state index contributed by atoms with van der Waals surface area (Å²) in [7, 11) is 0. The first-order valence-electron chi connectivity index (χ1n) is 8.45. The summed E-state index contributed by atoms with van der Waals surface area (Å²) in [6, 6.07) is 16.9. The molecule has 5 nitrogen and oxygen atoms in total. The van der Waals surface area contributed by atoms with Crippen LogP contribution < -0.4 is 10.6 Å². The van der Waals surface area contributed by atoms with Crippen LogP contribution in [0.2, 0.25) is 0 Å². The molecule has 0 aliphatic rings. The number of aromatic amines is 1. The van der Waals surface area contributed by atoms with Crippen LogP contribution in [0, 0.1) is 6.92 Å². The van der Waals surface area contributed by atoms with Gasteiger partial charge < -0.3 is 20.7 Å². The van der Waals surface area contributed by atoms with Gasteiger partial charge in [-0.2, -0.15) is 0 Å². The summed E-state index contributed by atoms with van der Waals surface area (Å²) >= 11 is 0. The number of carbonyl (C=O) groups excluding carboxylic acids is 1. The van der Waals surface area contributed by atoms with Crippen LogP contribution in [0.5, 0.6) is 0 Å². The topological polar surface area (TPSA) is 77.2 Å². The molecule has 1 unspecified atom stereocenters. The third kappa shape index (κ3) is 4.00. The van der Waals surface area contributed by atoms with Crippen molar-refractivity contribution in [3.05, 3.63) is 71.4 Å². The first-order chi connectivity index (χ1) is 12.2. The highest BCUT2D eigenvalue weighted by atomic mass is 16.3. The Labute approximate surface area is 147 Å². The summed E-state index contributed by atoms with van der Waals surface area (Å²) < 4.78 is 0. The molecule has 0 spiro atoms. The van der Waals surface area contributed by atoms with Gasteiger partial charge in [-0.3, -0.25) is 0 Å². The fourth-order valence-electron chi connectivity index (χ4n) is 3.09. The summed E-state index contributed by atoms with van der Waals surface area (Å²) in [5.74, 6) is 0. The van der Waals surface area contributed by atoms with Gasteiger partial charge >= 0.3 is 6.03 Å². The molecule has 2 amide bonds. The Morgan fingerprint density at radius 3 is 2.60 bits per heavy atom. The number of fused-ring (bicyclic) bond motifs is 1. The molecule has 130 valence electrons. The van der Waals surface area contributed by atoms with Crippen molar-refractivity contribution in [2.24, 2.45) is 0 Å². The minimum atomic E-state index is -0.406. The number of amides is 2. The number of aromatic nitrogens is 1. The van der Waals surface area contributed by atoms with Crippen LogP contribution in [-0.4, -0.2) is 29.3 Å². The van der Waals surface area contributed by atoms with E-state index >= 15 is 0 Å². The Morgan fingerprint density at radius 2 is 1.84 bits per heavy atom. The number of rotatable bonds is 6. The highest BCUT2D eigenvalue weighted by molar-refractivity contribution is 5.84. The lowest BCUT2D eigenvalue weighted by Crippen LogP contribution is -2.40. The number of urea groups is 1. The lowest BCUT2D eigenvalue weighted by molar-refractivity contribution is 0.217. The smallest absolute Gasteiger partial charge is 0.315 e. The molecule has 0 saturated carbocycles. The number of H-pyrrole nitrogens is 1. The van der Waals surface area contributed by atoms with E-state index in [1.165, 1.54) is 10.9 Å². The van der Waals surface area contributed by atoms with Crippen molar-refractivity contribution in [3.63, 3.8) is 0 Å². The molecule has 0 aliphatic heterocycles. The van der Waals surface area contributed by atoms with Crippen LogP contribution in [0.25, 0.3) is 10.9 Å². The van der Waals surface area contributed by atoms with Crippen LogP contribution in [-0.2, 0) is 6.42 Å². The normalized spacial score (nSPS) is 12.1. The predicted octanol–water partition coefficient (Wildman–Crippen LogP) is 3.05. The molecule has 0 saturated heterocycles. The van der Waals surface area contributed by atoms with Crippen molar-refractivity contribution in [2.75, 3.05) is 13.2 Å². The lowest BCUT2D eigenvalue weighted by atomic mass is 10.1. The van der Waals surface area contributed by atoms with Gasteiger partial charge in [0.1, 0.15) is 0 Å². The van der Waals surface area contributed by atoms with Gasteiger partial charge in [-0.1, -0.05) is 48.5 Å². The average Bonchev–Trinajstić information content (AvgIpc) is 2.96. The zero-order valence-corrected chi connectivity index (χ0v) is 14.3. The van der Waals surface area contributed by atoms with Crippen molar-refractivity contribution in [3.8, 4) is 0 Å². The fraction of sp³-hybridized carbons (Fsp3) is 0.250. The summed E-state index contributed by atoms with van der Waals surface area (Å²) in [4.78, 5) is 15.5. The van der Waals surface area contributed by atoms with E-state index in [2.05, 4.69) is 27.8 Å². The predicted molar refractivity (Wildman–Crippen MR) is 99.5 cm³/mol. The Bertz CT molecular complexity index is 843. The third-order valence-corrected chi connectivity index (χ3v) is 4.38. The zero-order chi connectivity index (χ0) is 17.6. The quantitative estimate of drug-likeness (QED) is 0.558. The molecule has 1 atom stereocenters. The molecular formula is C20H23N3O2. The highest BCUT2D eigenvalue weighted by Crippen LogP contribution is 2.21. The summed E-state index contributed by atoms with van der Waals surface area (Å²) in [5, 5.41) is 16.4. The van der Waals surface area contributed by atoms with Crippen LogP contribution >= 0.6 is 0 Å². The zero-order valence-electron chi connectivity index (χ0n) is 14.3. The van der Waals surface area contributed by atoms with Crippen LogP contribution in [0.1, 0.15) is 22.9 Å².